The SMILES string of the molecule is Cc1c(Br)cc(/C=N\NC(=O)Cc2ccc(Cl)cc2)cc1Br. The molecule has 2 aromatic carbocycles. The fourth-order valence-electron chi connectivity index (χ4n) is 1.75. The third-order valence-electron chi connectivity index (χ3n) is 2.98. The fourth-order valence-corrected chi connectivity index (χ4v) is 3.09. The molecule has 0 saturated heterocycles. The first-order valence-electron chi connectivity index (χ1n) is 6.47. The largest absolute Gasteiger partial charge is 0.273 e. The molecule has 1 N–H and O–H groups in total. The molecule has 0 unspecified atom stereocenters. The maximum absolute atomic E-state index is 11.8. The van der Waals surface area contributed by atoms with Gasteiger partial charge in [0.2, 0.25) is 5.91 Å². The van der Waals surface area contributed by atoms with Gasteiger partial charge in [0.1, 0.15) is 0 Å². The van der Waals surface area contributed by atoms with Crippen LogP contribution in [0.15, 0.2) is 50.4 Å². The first-order chi connectivity index (χ1) is 10.5. The number of hydrazone groups is 1. The molecule has 0 aliphatic heterocycles. The van der Waals surface area contributed by atoms with Crippen LogP contribution >= 0.6 is 43.5 Å². The molecule has 0 heterocycles. The Hall–Kier alpha value is -1.17. The number of amides is 1. The van der Waals surface area contributed by atoms with Crippen molar-refractivity contribution >= 4 is 55.6 Å². The van der Waals surface area contributed by atoms with E-state index in [0.717, 1.165) is 25.6 Å². The average molecular weight is 445 g/mol. The van der Waals surface area contributed by atoms with Crippen molar-refractivity contribution in [3.63, 3.8) is 0 Å². The zero-order valence-corrected chi connectivity index (χ0v) is 15.7. The van der Waals surface area contributed by atoms with Crippen molar-refractivity contribution in [1.29, 1.82) is 0 Å². The van der Waals surface area contributed by atoms with Crippen molar-refractivity contribution in [1.82, 2.24) is 5.43 Å². The standard InChI is InChI=1S/C16H13Br2ClN2O/c1-10-14(17)6-12(7-15(10)18)9-20-21-16(22)8-11-2-4-13(19)5-3-11/h2-7,9H,8H2,1H3,(H,21,22)/b20-9-. The van der Waals surface area contributed by atoms with Crippen LogP contribution in [0.4, 0.5) is 0 Å². The molecule has 0 fully saturated rings. The molecule has 1 amide bonds. The van der Waals surface area contributed by atoms with Crippen molar-refractivity contribution in [2.24, 2.45) is 5.10 Å². The summed E-state index contributed by atoms with van der Waals surface area (Å²) in [5.74, 6) is -0.177. The van der Waals surface area contributed by atoms with Gasteiger partial charge in [-0.1, -0.05) is 55.6 Å². The van der Waals surface area contributed by atoms with Crippen LogP contribution in [0.3, 0.4) is 0 Å². The quantitative estimate of drug-likeness (QED) is 0.531. The Labute approximate surface area is 151 Å². The maximum Gasteiger partial charge on any atom is 0.244 e. The average Bonchev–Trinajstić information content (AvgIpc) is 2.47. The number of carbonyl (C=O) groups is 1. The number of hydrogen-bond acceptors (Lipinski definition) is 2. The lowest BCUT2D eigenvalue weighted by Gasteiger charge is -2.03. The number of halogens is 3. The molecule has 2 aromatic rings. The highest BCUT2D eigenvalue weighted by Gasteiger charge is 2.03. The molecule has 3 nitrogen and oxygen atoms in total. The van der Waals surface area contributed by atoms with Crippen LogP contribution in [-0.2, 0) is 11.2 Å². The van der Waals surface area contributed by atoms with E-state index in [4.69, 9.17) is 11.6 Å². The number of nitrogens with one attached hydrogen (secondary N) is 1. The fraction of sp³-hybridized carbons (Fsp3) is 0.125. The molecule has 0 bridgehead atoms. The van der Waals surface area contributed by atoms with Gasteiger partial charge in [0.05, 0.1) is 12.6 Å². The summed E-state index contributed by atoms with van der Waals surface area (Å²) in [7, 11) is 0. The van der Waals surface area contributed by atoms with Gasteiger partial charge >= 0.3 is 0 Å². The zero-order chi connectivity index (χ0) is 16.1. The van der Waals surface area contributed by atoms with E-state index < -0.39 is 0 Å². The van der Waals surface area contributed by atoms with Crippen LogP contribution in [0, 0.1) is 6.92 Å². The van der Waals surface area contributed by atoms with E-state index in [9.17, 15) is 4.79 Å². The first-order valence-corrected chi connectivity index (χ1v) is 8.44. The van der Waals surface area contributed by atoms with Crippen molar-refractivity contribution in [3.05, 3.63) is 67.1 Å². The monoisotopic (exact) mass is 442 g/mol. The molecule has 0 saturated carbocycles. The van der Waals surface area contributed by atoms with Crippen LogP contribution in [0.2, 0.25) is 5.02 Å². The highest BCUT2D eigenvalue weighted by molar-refractivity contribution is 9.11. The maximum atomic E-state index is 11.8. The summed E-state index contributed by atoms with van der Waals surface area (Å²) in [5, 5.41) is 4.63. The van der Waals surface area contributed by atoms with E-state index in [1.54, 1.807) is 18.3 Å². The highest BCUT2D eigenvalue weighted by atomic mass is 79.9. The van der Waals surface area contributed by atoms with Gasteiger partial charge in [-0.15, -0.1) is 0 Å². The van der Waals surface area contributed by atoms with E-state index >= 15 is 0 Å². The second-order valence-electron chi connectivity index (χ2n) is 4.71. The minimum atomic E-state index is -0.177. The predicted molar refractivity (Wildman–Crippen MR) is 97.5 cm³/mol. The Balaban J connectivity index is 1.94. The zero-order valence-electron chi connectivity index (χ0n) is 11.7. The van der Waals surface area contributed by atoms with Gasteiger partial charge in [-0.2, -0.15) is 5.10 Å². The summed E-state index contributed by atoms with van der Waals surface area (Å²) in [6.07, 6.45) is 1.87. The lowest BCUT2D eigenvalue weighted by atomic mass is 10.1. The first kappa shape index (κ1) is 17.2. The highest BCUT2D eigenvalue weighted by Crippen LogP contribution is 2.25. The van der Waals surface area contributed by atoms with Crippen molar-refractivity contribution in [3.8, 4) is 0 Å². The minimum Gasteiger partial charge on any atom is -0.273 e. The molecule has 0 atom stereocenters. The molecule has 0 radical (unpaired) electrons. The topological polar surface area (TPSA) is 41.5 Å². The van der Waals surface area contributed by atoms with Crippen molar-refractivity contribution < 1.29 is 4.79 Å². The molecule has 6 heteroatoms. The predicted octanol–water partition coefficient (Wildman–Crippen LogP) is 4.87. The number of benzene rings is 2. The molecule has 0 aliphatic rings. The summed E-state index contributed by atoms with van der Waals surface area (Å²) in [5.41, 5.74) is 5.40. The summed E-state index contributed by atoms with van der Waals surface area (Å²) in [4.78, 5) is 11.8. The molecule has 0 aliphatic carbocycles. The third-order valence-corrected chi connectivity index (χ3v) is 4.88. The van der Waals surface area contributed by atoms with Crippen molar-refractivity contribution in [2.75, 3.05) is 0 Å². The lowest BCUT2D eigenvalue weighted by Crippen LogP contribution is -2.19. The molecule has 22 heavy (non-hydrogen) atoms. The van der Waals surface area contributed by atoms with Crippen molar-refractivity contribution in [2.45, 2.75) is 13.3 Å². The molecule has 0 spiro atoms. The summed E-state index contributed by atoms with van der Waals surface area (Å²) < 4.78 is 1.96. The van der Waals surface area contributed by atoms with Gasteiger partial charge < -0.3 is 0 Å². The van der Waals surface area contributed by atoms with Gasteiger partial charge in [-0.25, -0.2) is 5.43 Å². The number of rotatable bonds is 4. The molecule has 0 aromatic heterocycles. The van der Waals surface area contributed by atoms with E-state index in [0.29, 0.717) is 5.02 Å². The van der Waals surface area contributed by atoms with Gasteiger partial charge in [-0.05, 0) is 47.9 Å². The Kier molecular flexibility index (Phi) is 6.17. The van der Waals surface area contributed by atoms with E-state index in [2.05, 4.69) is 42.4 Å². The van der Waals surface area contributed by atoms with Gasteiger partial charge in [0.25, 0.3) is 0 Å². The van der Waals surface area contributed by atoms with Gasteiger partial charge in [-0.3, -0.25) is 4.79 Å². The van der Waals surface area contributed by atoms with Crippen LogP contribution in [-0.4, -0.2) is 12.1 Å². The number of carbonyl (C=O) groups excluding carboxylic acids is 1. The van der Waals surface area contributed by atoms with E-state index in [-0.39, 0.29) is 12.3 Å². The van der Waals surface area contributed by atoms with Crippen LogP contribution in [0.25, 0.3) is 0 Å². The summed E-state index contributed by atoms with van der Waals surface area (Å²) in [6, 6.07) is 11.0. The molecule has 2 rings (SSSR count). The molecular formula is C16H13Br2ClN2O. The normalized spacial score (nSPS) is 10.9. The molecule has 114 valence electrons. The second-order valence-corrected chi connectivity index (χ2v) is 6.85. The molecular weight excluding hydrogens is 431 g/mol. The van der Waals surface area contributed by atoms with E-state index in [1.165, 1.54) is 0 Å². The van der Waals surface area contributed by atoms with Crippen LogP contribution in [0.5, 0.6) is 0 Å². The summed E-state index contributed by atoms with van der Waals surface area (Å²) >= 11 is 12.8. The van der Waals surface area contributed by atoms with Crippen LogP contribution < -0.4 is 5.43 Å². The van der Waals surface area contributed by atoms with Crippen LogP contribution in [0.1, 0.15) is 16.7 Å². The van der Waals surface area contributed by atoms with E-state index in [1.807, 2.05) is 31.2 Å². The Morgan fingerprint density at radius 1 is 1.23 bits per heavy atom. The Morgan fingerprint density at radius 3 is 2.41 bits per heavy atom. The third kappa shape index (κ3) is 4.93. The smallest absolute Gasteiger partial charge is 0.244 e. The summed E-state index contributed by atoms with van der Waals surface area (Å²) in [6.45, 7) is 2.00. The Bertz CT molecular complexity index is 692. The Morgan fingerprint density at radius 2 is 1.82 bits per heavy atom. The number of nitrogens with zero attached hydrogens (tertiary/aromatic N) is 1. The number of hydrogen-bond donors (Lipinski definition) is 1. The van der Waals surface area contributed by atoms with Gasteiger partial charge in [0, 0.05) is 14.0 Å². The second kappa shape index (κ2) is 7.90. The van der Waals surface area contributed by atoms with Gasteiger partial charge in [0.15, 0.2) is 0 Å². The lowest BCUT2D eigenvalue weighted by molar-refractivity contribution is -0.120. The minimum absolute atomic E-state index is 0.177.